The van der Waals surface area contributed by atoms with Crippen LogP contribution in [0.5, 0.6) is 0 Å². The molecule has 3 nitrogen and oxygen atoms in total. The van der Waals surface area contributed by atoms with E-state index in [1.54, 1.807) is 6.08 Å². The monoisotopic (exact) mass is 252 g/mol. The number of aliphatic hydroxyl groups excluding tert-OH is 2. The maximum Gasteiger partial charge on any atom is 0.121 e. The topological polar surface area (TPSA) is 53.0 Å². The lowest BCUT2D eigenvalue weighted by molar-refractivity contribution is 0.0515. The normalized spacial score (nSPS) is 43.0. The summed E-state index contributed by atoms with van der Waals surface area (Å²) >= 11 is 0. The SMILES string of the molecule is CC(/C=C/C12OC1(C)CC(O)CC2(C)C)=C\CO. The van der Waals surface area contributed by atoms with Crippen molar-refractivity contribution in [3.63, 3.8) is 0 Å². The number of aliphatic hydroxyl groups is 2. The molecule has 1 saturated carbocycles. The van der Waals surface area contributed by atoms with Gasteiger partial charge in [0.05, 0.1) is 12.7 Å². The van der Waals surface area contributed by atoms with Gasteiger partial charge in [-0.2, -0.15) is 0 Å². The van der Waals surface area contributed by atoms with Crippen molar-refractivity contribution in [2.24, 2.45) is 5.41 Å². The number of ether oxygens (including phenoxy) is 1. The van der Waals surface area contributed by atoms with E-state index in [1.807, 2.05) is 13.0 Å². The Morgan fingerprint density at radius 1 is 1.33 bits per heavy atom. The first kappa shape index (κ1) is 13.8. The Morgan fingerprint density at radius 3 is 2.56 bits per heavy atom. The van der Waals surface area contributed by atoms with Crippen molar-refractivity contribution >= 4 is 0 Å². The molecule has 1 saturated heterocycles. The van der Waals surface area contributed by atoms with E-state index >= 15 is 0 Å². The highest BCUT2D eigenvalue weighted by Crippen LogP contribution is 2.66. The van der Waals surface area contributed by atoms with E-state index < -0.39 is 0 Å². The van der Waals surface area contributed by atoms with Crippen LogP contribution < -0.4 is 0 Å². The number of hydrogen-bond donors (Lipinski definition) is 2. The Hall–Kier alpha value is -0.640. The molecule has 3 atom stereocenters. The Bertz CT molecular complexity index is 397. The molecule has 0 spiro atoms. The Balaban J connectivity index is 2.24. The summed E-state index contributed by atoms with van der Waals surface area (Å²) in [4.78, 5) is 0. The largest absolute Gasteiger partial charge is 0.393 e. The highest BCUT2D eigenvalue weighted by atomic mass is 16.6. The van der Waals surface area contributed by atoms with Gasteiger partial charge >= 0.3 is 0 Å². The van der Waals surface area contributed by atoms with Crippen LogP contribution in [0.3, 0.4) is 0 Å². The van der Waals surface area contributed by atoms with Crippen LogP contribution in [0.1, 0.15) is 40.5 Å². The molecule has 0 radical (unpaired) electrons. The summed E-state index contributed by atoms with van der Waals surface area (Å²) < 4.78 is 6.03. The van der Waals surface area contributed by atoms with Crippen molar-refractivity contribution in [1.29, 1.82) is 0 Å². The van der Waals surface area contributed by atoms with Crippen LogP contribution in [0.4, 0.5) is 0 Å². The summed E-state index contributed by atoms with van der Waals surface area (Å²) in [5, 5.41) is 18.8. The number of epoxide rings is 1. The lowest BCUT2D eigenvalue weighted by Crippen LogP contribution is -2.46. The van der Waals surface area contributed by atoms with Gasteiger partial charge in [-0.05, 0) is 26.3 Å². The average molecular weight is 252 g/mol. The molecule has 0 aromatic heterocycles. The minimum absolute atomic E-state index is 0.0589. The van der Waals surface area contributed by atoms with Crippen molar-refractivity contribution in [2.75, 3.05) is 6.61 Å². The molecule has 1 aliphatic carbocycles. The maximum atomic E-state index is 9.93. The number of allylic oxidation sites excluding steroid dienone is 2. The molecule has 0 aromatic carbocycles. The zero-order valence-electron chi connectivity index (χ0n) is 11.7. The highest BCUT2D eigenvalue weighted by molar-refractivity contribution is 5.35. The standard InChI is InChI=1S/C15H24O3/c1-11(6-8-16)5-7-15-13(2,3)9-12(17)10-14(15,4)18-15/h5-7,12,16-17H,8-10H2,1-4H3/b7-5+,11-6+. The minimum Gasteiger partial charge on any atom is -0.393 e. The van der Waals surface area contributed by atoms with Gasteiger partial charge in [0.15, 0.2) is 0 Å². The van der Waals surface area contributed by atoms with Gasteiger partial charge in [0, 0.05) is 11.8 Å². The summed E-state index contributed by atoms with van der Waals surface area (Å²) in [5.74, 6) is 0. The fourth-order valence-electron chi connectivity index (χ4n) is 3.54. The van der Waals surface area contributed by atoms with Gasteiger partial charge in [-0.15, -0.1) is 0 Å². The quantitative estimate of drug-likeness (QED) is 0.598. The van der Waals surface area contributed by atoms with Crippen LogP contribution in [0.15, 0.2) is 23.8 Å². The van der Waals surface area contributed by atoms with Crippen LogP contribution in [0.25, 0.3) is 0 Å². The predicted molar refractivity (Wildman–Crippen MR) is 71.2 cm³/mol. The molecule has 2 fully saturated rings. The minimum atomic E-state index is -0.275. The fourth-order valence-corrected chi connectivity index (χ4v) is 3.54. The van der Waals surface area contributed by atoms with Crippen LogP contribution >= 0.6 is 0 Å². The van der Waals surface area contributed by atoms with Crippen LogP contribution in [0.2, 0.25) is 0 Å². The lowest BCUT2D eigenvalue weighted by atomic mass is 9.63. The number of hydrogen-bond acceptors (Lipinski definition) is 3. The van der Waals surface area contributed by atoms with Crippen molar-refractivity contribution in [1.82, 2.24) is 0 Å². The molecule has 18 heavy (non-hydrogen) atoms. The third-order valence-electron chi connectivity index (χ3n) is 4.50. The first-order valence-electron chi connectivity index (χ1n) is 6.61. The van der Waals surface area contributed by atoms with Crippen molar-refractivity contribution in [2.45, 2.75) is 57.8 Å². The van der Waals surface area contributed by atoms with E-state index in [0.29, 0.717) is 6.42 Å². The highest BCUT2D eigenvalue weighted by Gasteiger charge is 2.74. The lowest BCUT2D eigenvalue weighted by Gasteiger charge is -2.39. The summed E-state index contributed by atoms with van der Waals surface area (Å²) in [5.41, 5.74) is 0.440. The molecular weight excluding hydrogens is 228 g/mol. The van der Waals surface area contributed by atoms with Gasteiger partial charge in [-0.3, -0.25) is 0 Å². The maximum absolute atomic E-state index is 9.93. The van der Waals surface area contributed by atoms with E-state index in [4.69, 9.17) is 9.84 Å². The van der Waals surface area contributed by atoms with E-state index in [9.17, 15) is 5.11 Å². The molecule has 2 aliphatic rings. The van der Waals surface area contributed by atoms with Crippen LogP contribution in [0, 0.1) is 5.41 Å². The van der Waals surface area contributed by atoms with Crippen LogP contribution in [-0.4, -0.2) is 34.1 Å². The smallest absolute Gasteiger partial charge is 0.121 e. The summed E-state index contributed by atoms with van der Waals surface area (Å²) in [6, 6.07) is 0. The first-order valence-corrected chi connectivity index (χ1v) is 6.61. The van der Waals surface area contributed by atoms with Crippen molar-refractivity contribution < 1.29 is 14.9 Å². The van der Waals surface area contributed by atoms with E-state index in [2.05, 4.69) is 26.8 Å². The molecule has 3 heteroatoms. The Kier molecular flexibility index (Phi) is 3.21. The second-order valence-electron chi connectivity index (χ2n) is 6.48. The molecule has 2 N–H and O–H groups in total. The van der Waals surface area contributed by atoms with Crippen molar-refractivity contribution in [3.8, 4) is 0 Å². The fraction of sp³-hybridized carbons (Fsp3) is 0.733. The molecule has 0 amide bonds. The number of fused-ring (bicyclic) bond motifs is 1. The van der Waals surface area contributed by atoms with Gasteiger partial charge < -0.3 is 14.9 Å². The van der Waals surface area contributed by atoms with Gasteiger partial charge in [0.25, 0.3) is 0 Å². The van der Waals surface area contributed by atoms with E-state index in [-0.39, 0.29) is 29.3 Å². The van der Waals surface area contributed by atoms with Gasteiger partial charge in [-0.25, -0.2) is 0 Å². The summed E-state index contributed by atoms with van der Waals surface area (Å²) in [7, 11) is 0. The number of rotatable bonds is 3. The van der Waals surface area contributed by atoms with E-state index in [1.165, 1.54) is 0 Å². The zero-order valence-corrected chi connectivity index (χ0v) is 11.7. The zero-order chi connectivity index (χ0) is 13.6. The summed E-state index contributed by atoms with van der Waals surface area (Å²) in [6.07, 6.45) is 7.08. The third-order valence-corrected chi connectivity index (χ3v) is 4.50. The molecule has 102 valence electrons. The van der Waals surface area contributed by atoms with Gasteiger partial charge in [0.1, 0.15) is 11.2 Å². The Labute approximate surface area is 109 Å². The molecule has 1 aliphatic heterocycles. The van der Waals surface area contributed by atoms with Crippen LogP contribution in [-0.2, 0) is 4.74 Å². The average Bonchev–Trinajstić information content (AvgIpc) is 2.82. The van der Waals surface area contributed by atoms with Gasteiger partial charge in [-0.1, -0.05) is 31.6 Å². The summed E-state index contributed by atoms with van der Waals surface area (Å²) in [6.45, 7) is 8.40. The molecule has 3 unspecified atom stereocenters. The molecule has 0 aromatic rings. The second-order valence-corrected chi connectivity index (χ2v) is 6.48. The predicted octanol–water partition coefficient (Wildman–Crippen LogP) is 2.19. The van der Waals surface area contributed by atoms with Gasteiger partial charge in [0.2, 0.25) is 0 Å². The van der Waals surface area contributed by atoms with Crippen molar-refractivity contribution in [3.05, 3.63) is 23.8 Å². The Morgan fingerprint density at radius 2 is 2.00 bits per heavy atom. The van der Waals surface area contributed by atoms with E-state index in [0.717, 1.165) is 12.0 Å². The molecule has 0 bridgehead atoms. The molecule has 1 heterocycles. The second kappa shape index (κ2) is 4.19. The third kappa shape index (κ3) is 1.94. The molecular formula is C15H24O3. The first-order chi connectivity index (χ1) is 8.26. The molecule has 2 rings (SSSR count).